The molecular formula is C11H14N2O. The van der Waals surface area contributed by atoms with E-state index in [0.717, 1.165) is 5.56 Å². The summed E-state index contributed by atoms with van der Waals surface area (Å²) >= 11 is 0. The lowest BCUT2D eigenvalue weighted by atomic mass is 10.1. The highest BCUT2D eigenvalue weighted by Gasteiger charge is 2.11. The van der Waals surface area contributed by atoms with E-state index in [4.69, 9.17) is 15.7 Å². The third-order valence-corrected chi connectivity index (χ3v) is 1.76. The van der Waals surface area contributed by atoms with Crippen LogP contribution in [0.1, 0.15) is 25.5 Å². The van der Waals surface area contributed by atoms with Crippen LogP contribution in [0.5, 0.6) is 5.75 Å². The van der Waals surface area contributed by atoms with E-state index in [1.54, 1.807) is 0 Å². The molecule has 0 aromatic heterocycles. The van der Waals surface area contributed by atoms with E-state index >= 15 is 0 Å². The minimum absolute atomic E-state index is 0.0852. The Morgan fingerprint density at radius 2 is 2.00 bits per heavy atom. The summed E-state index contributed by atoms with van der Waals surface area (Å²) in [6.45, 7) is 3.88. The van der Waals surface area contributed by atoms with Crippen LogP contribution in [0.4, 0.5) is 0 Å². The van der Waals surface area contributed by atoms with Crippen molar-refractivity contribution in [2.24, 2.45) is 5.73 Å². The highest BCUT2D eigenvalue weighted by Crippen LogP contribution is 2.23. The van der Waals surface area contributed by atoms with E-state index in [2.05, 4.69) is 0 Å². The number of hydrogen-bond donors (Lipinski definition) is 1. The number of ether oxygens (including phenoxy) is 1. The van der Waals surface area contributed by atoms with Crippen LogP contribution in [0, 0.1) is 11.3 Å². The molecule has 0 aliphatic rings. The van der Waals surface area contributed by atoms with Crippen LogP contribution in [0.15, 0.2) is 24.3 Å². The summed E-state index contributed by atoms with van der Waals surface area (Å²) in [7, 11) is 0. The van der Waals surface area contributed by atoms with Crippen molar-refractivity contribution in [2.45, 2.75) is 26.0 Å². The van der Waals surface area contributed by atoms with Crippen LogP contribution >= 0.6 is 0 Å². The zero-order chi connectivity index (χ0) is 10.6. The fourth-order valence-electron chi connectivity index (χ4n) is 1.17. The normalized spacial score (nSPS) is 12.2. The van der Waals surface area contributed by atoms with Gasteiger partial charge in [0.05, 0.1) is 12.2 Å². The first-order chi connectivity index (χ1) is 6.65. The van der Waals surface area contributed by atoms with Gasteiger partial charge in [0.25, 0.3) is 0 Å². The zero-order valence-corrected chi connectivity index (χ0v) is 8.40. The van der Waals surface area contributed by atoms with Crippen molar-refractivity contribution in [3.63, 3.8) is 0 Å². The first-order valence-electron chi connectivity index (χ1n) is 4.56. The van der Waals surface area contributed by atoms with E-state index in [0.29, 0.717) is 5.75 Å². The molecule has 2 N–H and O–H groups in total. The van der Waals surface area contributed by atoms with Crippen molar-refractivity contribution < 1.29 is 4.74 Å². The average Bonchev–Trinajstić information content (AvgIpc) is 2.16. The summed E-state index contributed by atoms with van der Waals surface area (Å²) in [4.78, 5) is 0. The van der Waals surface area contributed by atoms with Crippen molar-refractivity contribution in [2.75, 3.05) is 0 Å². The minimum Gasteiger partial charge on any atom is -0.491 e. The van der Waals surface area contributed by atoms with Gasteiger partial charge < -0.3 is 10.5 Å². The Labute approximate surface area is 84.1 Å². The lowest BCUT2D eigenvalue weighted by Crippen LogP contribution is -2.12. The summed E-state index contributed by atoms with van der Waals surface area (Å²) in [6.07, 6.45) is 0.0852. The van der Waals surface area contributed by atoms with E-state index in [1.165, 1.54) is 0 Å². The molecule has 0 aliphatic carbocycles. The average molecular weight is 190 g/mol. The first kappa shape index (κ1) is 10.6. The molecule has 0 heterocycles. The van der Waals surface area contributed by atoms with Crippen LogP contribution in [0.3, 0.4) is 0 Å². The van der Waals surface area contributed by atoms with Crippen LogP contribution in [-0.2, 0) is 0 Å². The predicted octanol–water partition coefficient (Wildman–Crippen LogP) is 2.00. The van der Waals surface area contributed by atoms with Gasteiger partial charge in [-0.15, -0.1) is 0 Å². The number of hydrogen-bond acceptors (Lipinski definition) is 3. The lowest BCUT2D eigenvalue weighted by Gasteiger charge is -2.14. The van der Waals surface area contributed by atoms with Crippen molar-refractivity contribution in [1.82, 2.24) is 0 Å². The zero-order valence-electron chi connectivity index (χ0n) is 8.40. The number of benzene rings is 1. The number of nitriles is 1. The van der Waals surface area contributed by atoms with Crippen LogP contribution in [0.25, 0.3) is 0 Å². The number of nitrogens with zero attached hydrogens (tertiary/aromatic N) is 1. The molecule has 14 heavy (non-hydrogen) atoms. The molecule has 1 rings (SSSR count). The van der Waals surface area contributed by atoms with Crippen LogP contribution in [-0.4, -0.2) is 6.10 Å². The largest absolute Gasteiger partial charge is 0.491 e. The summed E-state index contributed by atoms with van der Waals surface area (Å²) in [5.74, 6) is 0.691. The summed E-state index contributed by atoms with van der Waals surface area (Å²) < 4.78 is 5.54. The third-order valence-electron chi connectivity index (χ3n) is 1.76. The molecular weight excluding hydrogens is 176 g/mol. The Bertz CT molecular complexity index is 341. The molecule has 3 heteroatoms. The van der Waals surface area contributed by atoms with E-state index in [-0.39, 0.29) is 6.10 Å². The monoisotopic (exact) mass is 190 g/mol. The maximum atomic E-state index is 8.72. The van der Waals surface area contributed by atoms with Gasteiger partial charge >= 0.3 is 0 Å². The number of nitrogens with two attached hydrogens (primary N) is 1. The van der Waals surface area contributed by atoms with Gasteiger partial charge in [-0.25, -0.2) is 0 Å². The standard InChI is InChI=1S/C11H14N2O/c1-8(2)14-11-6-4-3-5-9(11)10(13)7-12/h3-6,8,10H,13H2,1-2H3/t10-/m0/s1. The van der Waals surface area contributed by atoms with Crippen LogP contribution in [0.2, 0.25) is 0 Å². The summed E-state index contributed by atoms with van der Waals surface area (Å²) in [5.41, 5.74) is 6.37. The van der Waals surface area contributed by atoms with E-state index in [9.17, 15) is 0 Å². The number of para-hydroxylation sites is 1. The molecule has 0 aliphatic heterocycles. The minimum atomic E-state index is -0.620. The molecule has 0 radical (unpaired) electrons. The van der Waals surface area contributed by atoms with Gasteiger partial charge in [-0.05, 0) is 19.9 Å². The van der Waals surface area contributed by atoms with E-state index in [1.807, 2.05) is 44.2 Å². The molecule has 0 saturated heterocycles. The summed E-state index contributed by atoms with van der Waals surface area (Å²) in [5, 5.41) is 8.72. The molecule has 1 atom stereocenters. The topological polar surface area (TPSA) is 59.0 Å². The Morgan fingerprint density at radius 3 is 2.57 bits per heavy atom. The Balaban J connectivity index is 2.98. The molecule has 0 amide bonds. The second-order valence-corrected chi connectivity index (χ2v) is 3.31. The SMILES string of the molecule is CC(C)Oc1ccccc1[C@@H](N)C#N. The van der Waals surface area contributed by atoms with Gasteiger partial charge in [-0.1, -0.05) is 18.2 Å². The second-order valence-electron chi connectivity index (χ2n) is 3.31. The quantitative estimate of drug-likeness (QED) is 0.793. The molecule has 0 spiro atoms. The number of rotatable bonds is 3. The van der Waals surface area contributed by atoms with Crippen molar-refractivity contribution >= 4 is 0 Å². The van der Waals surface area contributed by atoms with Gasteiger partial charge in [0.2, 0.25) is 0 Å². The van der Waals surface area contributed by atoms with E-state index < -0.39 is 6.04 Å². The molecule has 0 fully saturated rings. The van der Waals surface area contributed by atoms with Crippen molar-refractivity contribution in [1.29, 1.82) is 5.26 Å². The molecule has 0 unspecified atom stereocenters. The maximum Gasteiger partial charge on any atom is 0.125 e. The Hall–Kier alpha value is -1.53. The maximum absolute atomic E-state index is 8.72. The third kappa shape index (κ3) is 2.48. The van der Waals surface area contributed by atoms with Crippen molar-refractivity contribution in [3.8, 4) is 11.8 Å². The van der Waals surface area contributed by atoms with Crippen LogP contribution < -0.4 is 10.5 Å². The molecule has 1 aromatic carbocycles. The van der Waals surface area contributed by atoms with Gasteiger partial charge in [0.15, 0.2) is 0 Å². The van der Waals surface area contributed by atoms with Crippen molar-refractivity contribution in [3.05, 3.63) is 29.8 Å². The van der Waals surface area contributed by atoms with Gasteiger partial charge in [-0.3, -0.25) is 0 Å². The van der Waals surface area contributed by atoms with Gasteiger partial charge in [0.1, 0.15) is 11.8 Å². The Kier molecular flexibility index (Phi) is 3.49. The fourth-order valence-corrected chi connectivity index (χ4v) is 1.17. The first-order valence-corrected chi connectivity index (χ1v) is 4.56. The smallest absolute Gasteiger partial charge is 0.125 e. The Morgan fingerprint density at radius 1 is 1.36 bits per heavy atom. The lowest BCUT2D eigenvalue weighted by molar-refractivity contribution is 0.239. The highest BCUT2D eigenvalue weighted by atomic mass is 16.5. The van der Waals surface area contributed by atoms with Gasteiger partial charge in [0, 0.05) is 5.56 Å². The molecule has 0 saturated carbocycles. The fraction of sp³-hybridized carbons (Fsp3) is 0.364. The second kappa shape index (κ2) is 4.64. The molecule has 74 valence electrons. The van der Waals surface area contributed by atoms with Gasteiger partial charge in [-0.2, -0.15) is 5.26 Å². The molecule has 1 aromatic rings. The highest BCUT2D eigenvalue weighted by molar-refractivity contribution is 5.38. The predicted molar refractivity (Wildman–Crippen MR) is 54.7 cm³/mol. The molecule has 3 nitrogen and oxygen atoms in total. The summed E-state index contributed by atoms with van der Waals surface area (Å²) in [6, 6.07) is 8.72. The molecule has 0 bridgehead atoms.